The van der Waals surface area contributed by atoms with Crippen molar-refractivity contribution in [2.45, 2.75) is 45.4 Å². The number of likely N-dealkylation sites (tertiary alicyclic amines) is 1. The minimum Gasteiger partial charge on any atom is -0.357 e. The van der Waals surface area contributed by atoms with Crippen molar-refractivity contribution in [2.24, 2.45) is 10.4 Å². The summed E-state index contributed by atoms with van der Waals surface area (Å²) in [6, 6.07) is 0. The monoisotopic (exact) mass is 530 g/mol. The Morgan fingerprint density at radius 1 is 1.11 bits per heavy atom. The van der Waals surface area contributed by atoms with Crippen molar-refractivity contribution in [2.75, 3.05) is 56.5 Å². The van der Waals surface area contributed by atoms with E-state index in [-0.39, 0.29) is 29.7 Å². The van der Waals surface area contributed by atoms with Crippen LogP contribution in [0.15, 0.2) is 4.99 Å². The van der Waals surface area contributed by atoms with Gasteiger partial charge in [-0.1, -0.05) is 19.3 Å². The molecule has 1 aliphatic carbocycles. The Hall–Kier alpha value is 0.260. The van der Waals surface area contributed by atoms with E-state index in [0.717, 1.165) is 37.1 Å². The van der Waals surface area contributed by atoms with Crippen molar-refractivity contribution in [3.63, 3.8) is 0 Å². The second-order valence-electron chi connectivity index (χ2n) is 7.80. The van der Waals surface area contributed by atoms with Gasteiger partial charge in [-0.15, -0.1) is 24.0 Å². The van der Waals surface area contributed by atoms with Gasteiger partial charge in [0.25, 0.3) is 0 Å². The average molecular weight is 531 g/mol. The number of thioether (sulfide) groups is 1. The van der Waals surface area contributed by atoms with E-state index >= 15 is 0 Å². The SMILES string of the molecule is CCNC(=NCCS(=O)(=O)N1CCSCC1)N1CCC2(CCCCC2)C1.I. The van der Waals surface area contributed by atoms with Crippen molar-refractivity contribution in [3.8, 4) is 0 Å². The molecular weight excluding hydrogens is 495 g/mol. The van der Waals surface area contributed by atoms with Crippen molar-refractivity contribution in [1.82, 2.24) is 14.5 Å². The van der Waals surface area contributed by atoms with Gasteiger partial charge in [0.15, 0.2) is 5.96 Å². The molecule has 3 fully saturated rings. The minimum atomic E-state index is -3.18. The molecule has 6 nitrogen and oxygen atoms in total. The van der Waals surface area contributed by atoms with E-state index in [1.807, 2.05) is 11.8 Å². The summed E-state index contributed by atoms with van der Waals surface area (Å²) in [4.78, 5) is 7.03. The van der Waals surface area contributed by atoms with Gasteiger partial charge < -0.3 is 10.2 Å². The average Bonchev–Trinajstić information content (AvgIpc) is 3.05. The highest BCUT2D eigenvalue weighted by molar-refractivity contribution is 14.0. The largest absolute Gasteiger partial charge is 0.357 e. The van der Waals surface area contributed by atoms with Crippen LogP contribution in [0.25, 0.3) is 0 Å². The van der Waals surface area contributed by atoms with Crippen LogP contribution in [-0.2, 0) is 10.0 Å². The number of hydrogen-bond acceptors (Lipinski definition) is 4. The van der Waals surface area contributed by atoms with Crippen LogP contribution in [0.1, 0.15) is 45.4 Å². The number of rotatable bonds is 5. The lowest BCUT2D eigenvalue weighted by Gasteiger charge is -2.33. The van der Waals surface area contributed by atoms with Gasteiger partial charge in [0.2, 0.25) is 10.0 Å². The fourth-order valence-corrected chi connectivity index (χ4v) is 6.93. The van der Waals surface area contributed by atoms with Crippen molar-refractivity contribution in [3.05, 3.63) is 0 Å². The third kappa shape index (κ3) is 6.37. The summed E-state index contributed by atoms with van der Waals surface area (Å²) in [5.41, 5.74) is 0.478. The molecule has 158 valence electrons. The Balaban J connectivity index is 0.00000261. The molecule has 0 bridgehead atoms. The predicted molar refractivity (Wildman–Crippen MR) is 126 cm³/mol. The molecule has 2 aliphatic heterocycles. The van der Waals surface area contributed by atoms with Crippen molar-refractivity contribution in [1.29, 1.82) is 0 Å². The summed E-state index contributed by atoms with van der Waals surface area (Å²) in [6.45, 7) is 6.65. The first-order chi connectivity index (χ1) is 12.5. The zero-order chi connectivity index (χ0) is 18.5. The standard InChI is InChI=1S/C18H34N4O2S2.HI/c1-2-19-17(21-10-8-18(16-21)6-4-3-5-7-18)20-9-15-26(23,24)22-11-13-25-14-12-22;/h2-16H2,1H3,(H,19,20);1H. The third-order valence-corrected chi connectivity index (χ3v) is 8.75. The van der Waals surface area contributed by atoms with Crippen LogP contribution in [0.2, 0.25) is 0 Å². The number of nitrogens with zero attached hydrogens (tertiary/aromatic N) is 3. The van der Waals surface area contributed by atoms with Crippen molar-refractivity contribution >= 4 is 51.7 Å². The maximum absolute atomic E-state index is 12.5. The normalized spacial score (nSPS) is 24.0. The van der Waals surface area contributed by atoms with Gasteiger partial charge in [0.1, 0.15) is 0 Å². The molecular formula is C18H35IN4O2S2. The minimum absolute atomic E-state index is 0. The summed E-state index contributed by atoms with van der Waals surface area (Å²) < 4.78 is 26.6. The topological polar surface area (TPSA) is 65.0 Å². The molecule has 3 aliphatic rings. The molecule has 0 amide bonds. The lowest BCUT2D eigenvalue weighted by Crippen LogP contribution is -2.42. The maximum Gasteiger partial charge on any atom is 0.215 e. The van der Waals surface area contributed by atoms with Crippen LogP contribution in [-0.4, -0.2) is 80.1 Å². The molecule has 1 N–H and O–H groups in total. The molecule has 0 aromatic heterocycles. The summed E-state index contributed by atoms with van der Waals surface area (Å²) >= 11 is 1.83. The van der Waals surface area contributed by atoms with E-state index in [2.05, 4.69) is 22.1 Å². The van der Waals surface area contributed by atoms with Gasteiger partial charge in [-0.25, -0.2) is 12.7 Å². The van der Waals surface area contributed by atoms with Gasteiger partial charge in [0, 0.05) is 44.2 Å². The van der Waals surface area contributed by atoms with Gasteiger partial charge in [-0.2, -0.15) is 11.8 Å². The molecule has 3 rings (SSSR count). The van der Waals surface area contributed by atoms with Crippen LogP contribution < -0.4 is 5.32 Å². The molecule has 2 heterocycles. The Kier molecular flexibility index (Phi) is 9.48. The number of guanidine groups is 1. The van der Waals surface area contributed by atoms with Crippen LogP contribution >= 0.6 is 35.7 Å². The van der Waals surface area contributed by atoms with E-state index in [9.17, 15) is 8.42 Å². The van der Waals surface area contributed by atoms with E-state index in [1.165, 1.54) is 38.5 Å². The number of halogens is 1. The lowest BCUT2D eigenvalue weighted by molar-refractivity contribution is 0.203. The van der Waals surface area contributed by atoms with Crippen LogP contribution in [0.4, 0.5) is 0 Å². The number of sulfonamides is 1. The molecule has 0 radical (unpaired) electrons. The fourth-order valence-electron chi connectivity index (χ4n) is 4.47. The number of nitrogens with one attached hydrogen (secondary N) is 1. The lowest BCUT2D eigenvalue weighted by atomic mass is 9.73. The van der Waals surface area contributed by atoms with Gasteiger partial charge in [-0.05, 0) is 31.6 Å². The summed E-state index contributed by atoms with van der Waals surface area (Å²) in [6.07, 6.45) is 8.01. The van der Waals surface area contributed by atoms with Gasteiger partial charge in [0.05, 0.1) is 12.3 Å². The first-order valence-electron chi connectivity index (χ1n) is 10.1. The molecule has 9 heteroatoms. The quantitative estimate of drug-likeness (QED) is 0.337. The molecule has 0 aromatic rings. The highest BCUT2D eigenvalue weighted by Crippen LogP contribution is 2.43. The van der Waals surface area contributed by atoms with E-state index in [4.69, 9.17) is 0 Å². The Labute approximate surface area is 186 Å². The Morgan fingerprint density at radius 3 is 2.48 bits per heavy atom. The molecule has 1 spiro atoms. The zero-order valence-electron chi connectivity index (χ0n) is 16.5. The molecule has 1 saturated carbocycles. The van der Waals surface area contributed by atoms with Gasteiger partial charge >= 0.3 is 0 Å². The first-order valence-corrected chi connectivity index (χ1v) is 12.9. The highest BCUT2D eigenvalue weighted by Gasteiger charge is 2.39. The van der Waals surface area contributed by atoms with Crippen LogP contribution in [0.5, 0.6) is 0 Å². The summed E-state index contributed by atoms with van der Waals surface area (Å²) in [5.74, 6) is 2.83. The second-order valence-corrected chi connectivity index (χ2v) is 11.1. The van der Waals surface area contributed by atoms with Crippen LogP contribution in [0.3, 0.4) is 0 Å². The molecule has 0 atom stereocenters. The number of hydrogen-bond donors (Lipinski definition) is 1. The molecule has 0 aromatic carbocycles. The summed E-state index contributed by atoms with van der Waals surface area (Å²) in [5, 5.41) is 3.38. The smallest absolute Gasteiger partial charge is 0.215 e. The number of aliphatic imine (C=N–C) groups is 1. The highest BCUT2D eigenvalue weighted by atomic mass is 127. The maximum atomic E-state index is 12.5. The fraction of sp³-hybridized carbons (Fsp3) is 0.944. The van der Waals surface area contributed by atoms with E-state index in [0.29, 0.717) is 25.0 Å². The predicted octanol–water partition coefficient (Wildman–Crippen LogP) is 2.60. The molecule has 27 heavy (non-hydrogen) atoms. The third-order valence-electron chi connectivity index (χ3n) is 5.96. The van der Waals surface area contributed by atoms with E-state index in [1.54, 1.807) is 4.31 Å². The Bertz CT molecular complexity index is 588. The van der Waals surface area contributed by atoms with Crippen molar-refractivity contribution < 1.29 is 8.42 Å². The van der Waals surface area contributed by atoms with E-state index < -0.39 is 10.0 Å². The van der Waals surface area contributed by atoms with Gasteiger partial charge in [-0.3, -0.25) is 4.99 Å². The molecule has 2 saturated heterocycles. The first kappa shape index (κ1) is 23.5. The van der Waals surface area contributed by atoms with Crippen LogP contribution in [0, 0.1) is 5.41 Å². The second kappa shape index (κ2) is 10.9. The molecule has 0 unspecified atom stereocenters. The summed E-state index contributed by atoms with van der Waals surface area (Å²) in [7, 11) is -3.18. The Morgan fingerprint density at radius 2 is 1.81 bits per heavy atom. The zero-order valence-corrected chi connectivity index (χ0v) is 20.5.